The molecule has 0 unspecified atom stereocenters. The van der Waals surface area contributed by atoms with E-state index in [4.69, 9.17) is 5.11 Å². The summed E-state index contributed by atoms with van der Waals surface area (Å²) in [6.07, 6.45) is -0.188. The third-order valence-electron chi connectivity index (χ3n) is 4.43. The Morgan fingerprint density at radius 2 is 1.92 bits per heavy atom. The number of amides is 1. The molecule has 122 valence electrons. The van der Waals surface area contributed by atoms with Gasteiger partial charge in [0.25, 0.3) is 0 Å². The topological polar surface area (TPSA) is 82.1 Å². The molecule has 3 aromatic heterocycles. The summed E-state index contributed by atoms with van der Waals surface area (Å²) in [7, 11) is 0. The fourth-order valence-electron chi connectivity index (χ4n) is 3.31. The van der Waals surface area contributed by atoms with Crippen molar-refractivity contribution < 1.29 is 9.90 Å². The number of carboxylic acid groups (broad SMARTS) is 1. The Kier molecular flexibility index (Phi) is 3.26. The van der Waals surface area contributed by atoms with Gasteiger partial charge >= 0.3 is 6.09 Å². The van der Waals surface area contributed by atoms with Gasteiger partial charge in [-0.15, -0.1) is 0 Å². The van der Waals surface area contributed by atoms with Crippen LogP contribution in [0.2, 0.25) is 0 Å². The van der Waals surface area contributed by atoms with Gasteiger partial charge in [-0.1, -0.05) is 0 Å². The highest BCUT2D eigenvalue weighted by Crippen LogP contribution is 2.27. The van der Waals surface area contributed by atoms with E-state index >= 15 is 0 Å². The summed E-state index contributed by atoms with van der Waals surface area (Å²) in [5.74, 6) is 0. The number of hydrogen-bond acceptors (Lipinski definition) is 3. The molecular formula is C18H18N4O2. The van der Waals surface area contributed by atoms with Gasteiger partial charge in [0.2, 0.25) is 0 Å². The van der Waals surface area contributed by atoms with Crippen molar-refractivity contribution >= 4 is 17.1 Å². The maximum Gasteiger partial charge on any atom is 0.407 e. The van der Waals surface area contributed by atoms with Crippen molar-refractivity contribution in [1.82, 2.24) is 19.9 Å². The second kappa shape index (κ2) is 5.33. The van der Waals surface area contributed by atoms with Gasteiger partial charge in [-0.3, -0.25) is 4.98 Å². The van der Waals surface area contributed by atoms with Crippen LogP contribution in [-0.2, 0) is 13.0 Å². The highest BCUT2D eigenvalue weighted by Gasteiger charge is 2.22. The van der Waals surface area contributed by atoms with Crippen LogP contribution in [0.4, 0.5) is 4.79 Å². The van der Waals surface area contributed by atoms with Gasteiger partial charge in [-0.2, -0.15) is 0 Å². The maximum absolute atomic E-state index is 11.2. The molecule has 0 atom stereocenters. The van der Waals surface area contributed by atoms with Gasteiger partial charge in [0.05, 0.1) is 23.3 Å². The molecule has 24 heavy (non-hydrogen) atoms. The molecule has 0 aromatic carbocycles. The SMILES string of the molecule is Cc1cc(-c2cc3nc4c(cc3[nH]2)CCN(C(=O)O)C4)cc(C)n1. The molecule has 4 heterocycles. The third-order valence-corrected chi connectivity index (χ3v) is 4.43. The summed E-state index contributed by atoms with van der Waals surface area (Å²) in [5.41, 5.74) is 7.87. The standard InChI is InChI=1S/C18H18N4O2/c1-10-5-13(6-11(2)19-10)14-8-16-15(20-14)7-12-3-4-22(18(23)24)9-17(12)21-16/h5-8,20H,3-4,9H2,1-2H3,(H,23,24). The minimum absolute atomic E-state index is 0.356. The molecule has 0 saturated carbocycles. The second-order valence-electron chi connectivity index (χ2n) is 6.30. The first-order valence-corrected chi connectivity index (χ1v) is 7.94. The van der Waals surface area contributed by atoms with Crippen LogP contribution in [0.5, 0.6) is 0 Å². The first-order chi connectivity index (χ1) is 11.5. The summed E-state index contributed by atoms with van der Waals surface area (Å²) in [6.45, 7) is 4.84. The van der Waals surface area contributed by atoms with Crippen molar-refractivity contribution in [2.24, 2.45) is 0 Å². The summed E-state index contributed by atoms with van der Waals surface area (Å²) in [6, 6.07) is 8.21. The van der Waals surface area contributed by atoms with Crippen molar-refractivity contribution in [1.29, 1.82) is 0 Å². The van der Waals surface area contributed by atoms with Crippen LogP contribution < -0.4 is 0 Å². The Morgan fingerprint density at radius 3 is 2.62 bits per heavy atom. The van der Waals surface area contributed by atoms with Gasteiger partial charge in [0.15, 0.2) is 0 Å². The molecule has 0 bridgehead atoms. The van der Waals surface area contributed by atoms with Crippen LogP contribution in [-0.4, -0.2) is 37.6 Å². The predicted octanol–water partition coefficient (Wildman–Crippen LogP) is 3.28. The van der Waals surface area contributed by atoms with Gasteiger partial charge in [-0.05, 0) is 50.1 Å². The van der Waals surface area contributed by atoms with Crippen molar-refractivity contribution in [3.05, 3.63) is 46.9 Å². The minimum Gasteiger partial charge on any atom is -0.465 e. The van der Waals surface area contributed by atoms with E-state index in [0.717, 1.165) is 44.9 Å². The lowest BCUT2D eigenvalue weighted by atomic mass is 10.0. The average molecular weight is 322 g/mol. The summed E-state index contributed by atoms with van der Waals surface area (Å²) >= 11 is 0. The van der Waals surface area contributed by atoms with E-state index in [1.807, 2.05) is 32.0 Å². The number of carbonyl (C=O) groups is 1. The van der Waals surface area contributed by atoms with Crippen LogP contribution >= 0.6 is 0 Å². The smallest absolute Gasteiger partial charge is 0.407 e. The molecule has 2 N–H and O–H groups in total. The minimum atomic E-state index is -0.889. The van der Waals surface area contributed by atoms with Crippen LogP contribution in [0.3, 0.4) is 0 Å². The van der Waals surface area contributed by atoms with Crippen LogP contribution in [0.1, 0.15) is 22.6 Å². The van der Waals surface area contributed by atoms with Crippen molar-refractivity contribution in [2.75, 3.05) is 6.54 Å². The molecule has 1 amide bonds. The molecule has 3 aromatic rings. The number of H-pyrrole nitrogens is 1. The lowest BCUT2D eigenvalue weighted by Crippen LogP contribution is -2.35. The Bertz CT molecular complexity index is 941. The number of hydrogen-bond donors (Lipinski definition) is 2. The van der Waals surface area contributed by atoms with E-state index in [0.29, 0.717) is 19.5 Å². The first-order valence-electron chi connectivity index (χ1n) is 7.94. The van der Waals surface area contributed by atoms with E-state index in [1.54, 1.807) is 0 Å². The number of aromatic nitrogens is 3. The van der Waals surface area contributed by atoms with Crippen LogP contribution in [0.25, 0.3) is 22.3 Å². The number of rotatable bonds is 1. The second-order valence-corrected chi connectivity index (χ2v) is 6.30. The fraction of sp³-hybridized carbons (Fsp3) is 0.278. The van der Waals surface area contributed by atoms with E-state index < -0.39 is 6.09 Å². The predicted molar refractivity (Wildman–Crippen MR) is 90.9 cm³/mol. The molecule has 0 saturated heterocycles. The monoisotopic (exact) mass is 322 g/mol. The van der Waals surface area contributed by atoms with Gasteiger partial charge in [0.1, 0.15) is 0 Å². The highest BCUT2D eigenvalue weighted by atomic mass is 16.4. The Hall–Kier alpha value is -2.89. The molecule has 0 radical (unpaired) electrons. The van der Waals surface area contributed by atoms with Gasteiger partial charge in [0, 0.05) is 29.2 Å². The van der Waals surface area contributed by atoms with Crippen molar-refractivity contribution in [3.8, 4) is 11.3 Å². The quantitative estimate of drug-likeness (QED) is 0.720. The maximum atomic E-state index is 11.2. The molecule has 0 aliphatic carbocycles. The van der Waals surface area contributed by atoms with E-state index in [-0.39, 0.29) is 0 Å². The molecule has 6 heteroatoms. The van der Waals surface area contributed by atoms with Crippen LogP contribution in [0.15, 0.2) is 24.3 Å². The zero-order valence-corrected chi connectivity index (χ0v) is 13.6. The number of fused-ring (bicyclic) bond motifs is 2. The number of nitrogens with one attached hydrogen (secondary N) is 1. The summed E-state index contributed by atoms with van der Waals surface area (Å²) in [5, 5.41) is 9.17. The largest absolute Gasteiger partial charge is 0.465 e. The van der Waals surface area contributed by atoms with Gasteiger partial charge in [-0.25, -0.2) is 9.78 Å². The number of pyridine rings is 2. The molecule has 1 aliphatic rings. The summed E-state index contributed by atoms with van der Waals surface area (Å²) in [4.78, 5) is 25.1. The lowest BCUT2D eigenvalue weighted by molar-refractivity contribution is 0.139. The van der Waals surface area contributed by atoms with Crippen LogP contribution in [0, 0.1) is 13.8 Å². The Morgan fingerprint density at radius 1 is 1.17 bits per heavy atom. The van der Waals surface area contributed by atoms with Gasteiger partial charge < -0.3 is 15.0 Å². The first kappa shape index (κ1) is 14.7. The van der Waals surface area contributed by atoms with E-state index in [1.165, 1.54) is 4.90 Å². The van der Waals surface area contributed by atoms with E-state index in [2.05, 4.69) is 21.0 Å². The number of aromatic amines is 1. The Balaban J connectivity index is 1.78. The number of nitrogens with zero attached hydrogens (tertiary/aromatic N) is 3. The Labute approximate surface area is 139 Å². The molecule has 0 spiro atoms. The zero-order chi connectivity index (χ0) is 16.8. The van der Waals surface area contributed by atoms with Crippen molar-refractivity contribution in [2.45, 2.75) is 26.8 Å². The summed E-state index contributed by atoms with van der Waals surface area (Å²) < 4.78 is 0. The molecule has 0 fully saturated rings. The molecule has 1 aliphatic heterocycles. The van der Waals surface area contributed by atoms with Crippen molar-refractivity contribution in [3.63, 3.8) is 0 Å². The zero-order valence-electron chi connectivity index (χ0n) is 13.6. The third kappa shape index (κ3) is 2.50. The van der Waals surface area contributed by atoms with E-state index in [9.17, 15) is 4.79 Å². The number of aryl methyl sites for hydroxylation is 2. The highest BCUT2D eigenvalue weighted by molar-refractivity contribution is 5.83. The lowest BCUT2D eigenvalue weighted by Gasteiger charge is -2.25. The normalized spacial score (nSPS) is 14.0. The molecular weight excluding hydrogens is 304 g/mol. The molecule has 6 nitrogen and oxygen atoms in total. The molecule has 4 rings (SSSR count). The average Bonchev–Trinajstić information content (AvgIpc) is 2.93. The fourth-order valence-corrected chi connectivity index (χ4v) is 3.31.